The summed E-state index contributed by atoms with van der Waals surface area (Å²) >= 11 is 0. The molecule has 1 aromatic rings. The average Bonchev–Trinajstić information content (AvgIpc) is 2.56. The first-order valence-corrected chi connectivity index (χ1v) is 9.28. The number of fused-ring (bicyclic) bond motifs is 3. The lowest BCUT2D eigenvalue weighted by atomic mass is 9.86. The molecule has 0 spiro atoms. The average molecular weight is 330 g/mol. The second-order valence-electron chi connectivity index (χ2n) is 7.77. The highest BCUT2D eigenvalue weighted by molar-refractivity contribution is 5.88. The third kappa shape index (κ3) is 3.59. The van der Waals surface area contributed by atoms with Crippen molar-refractivity contribution in [2.75, 3.05) is 24.5 Å². The van der Waals surface area contributed by atoms with E-state index in [9.17, 15) is 4.79 Å². The van der Waals surface area contributed by atoms with Gasteiger partial charge >= 0.3 is 6.09 Å². The fourth-order valence-electron chi connectivity index (χ4n) is 3.86. The summed E-state index contributed by atoms with van der Waals surface area (Å²) in [6, 6.07) is 8.36. The molecule has 0 N–H and O–H groups in total. The number of nitrogens with zero attached hydrogens (tertiary/aromatic N) is 2. The molecule has 0 radical (unpaired) electrons. The molecule has 4 heteroatoms. The summed E-state index contributed by atoms with van der Waals surface area (Å²) in [7, 11) is 0. The van der Waals surface area contributed by atoms with Crippen molar-refractivity contribution in [2.24, 2.45) is 5.92 Å². The minimum absolute atomic E-state index is 0.0520. The number of carbonyl (C=O) groups is 1. The topological polar surface area (TPSA) is 32.8 Å². The maximum atomic E-state index is 12.8. The van der Waals surface area contributed by atoms with E-state index in [1.54, 1.807) is 4.90 Å². The fourth-order valence-corrected chi connectivity index (χ4v) is 3.86. The Morgan fingerprint density at radius 2 is 1.75 bits per heavy atom. The molecular weight excluding hydrogens is 300 g/mol. The van der Waals surface area contributed by atoms with Gasteiger partial charge in [-0.1, -0.05) is 26.0 Å². The van der Waals surface area contributed by atoms with Crippen molar-refractivity contribution in [2.45, 2.75) is 58.6 Å². The van der Waals surface area contributed by atoms with E-state index >= 15 is 0 Å². The van der Waals surface area contributed by atoms with Gasteiger partial charge in [-0.2, -0.15) is 0 Å². The van der Waals surface area contributed by atoms with Crippen molar-refractivity contribution in [1.82, 2.24) is 4.90 Å². The smallest absolute Gasteiger partial charge is 0.414 e. The summed E-state index contributed by atoms with van der Waals surface area (Å²) in [6.07, 6.45) is 2.16. The van der Waals surface area contributed by atoms with Crippen molar-refractivity contribution in [3.05, 3.63) is 29.8 Å². The van der Waals surface area contributed by atoms with E-state index in [4.69, 9.17) is 4.74 Å². The van der Waals surface area contributed by atoms with Gasteiger partial charge in [0.25, 0.3) is 0 Å². The molecule has 1 unspecified atom stereocenters. The number of hydrogen-bond acceptors (Lipinski definition) is 3. The van der Waals surface area contributed by atoms with Gasteiger partial charge in [-0.25, -0.2) is 4.79 Å². The molecule has 4 nitrogen and oxygen atoms in total. The number of piperidine rings is 3. The molecule has 2 bridgehead atoms. The van der Waals surface area contributed by atoms with Gasteiger partial charge in [0.15, 0.2) is 0 Å². The van der Waals surface area contributed by atoms with Crippen molar-refractivity contribution >= 4 is 11.8 Å². The van der Waals surface area contributed by atoms with E-state index in [2.05, 4.69) is 30.9 Å². The highest BCUT2D eigenvalue weighted by atomic mass is 16.6. The summed E-state index contributed by atoms with van der Waals surface area (Å²) in [5, 5.41) is 0. The van der Waals surface area contributed by atoms with Gasteiger partial charge < -0.3 is 4.74 Å². The summed E-state index contributed by atoms with van der Waals surface area (Å²) in [5.41, 5.74) is 2.20. The molecule has 3 heterocycles. The monoisotopic (exact) mass is 330 g/mol. The maximum Gasteiger partial charge on any atom is 0.414 e. The van der Waals surface area contributed by atoms with Crippen LogP contribution in [-0.4, -0.2) is 42.8 Å². The van der Waals surface area contributed by atoms with Gasteiger partial charge in [-0.15, -0.1) is 0 Å². The third-order valence-corrected chi connectivity index (χ3v) is 5.40. The zero-order chi connectivity index (χ0) is 17.3. The van der Waals surface area contributed by atoms with Crippen molar-refractivity contribution < 1.29 is 9.53 Å². The Labute approximate surface area is 145 Å². The number of carbonyl (C=O) groups excluding carboxylic acids is 1. The van der Waals surface area contributed by atoms with Gasteiger partial charge in [0.05, 0.1) is 0 Å². The third-order valence-electron chi connectivity index (χ3n) is 5.40. The highest BCUT2D eigenvalue weighted by Gasteiger charge is 2.37. The Hall–Kier alpha value is -1.55. The quantitative estimate of drug-likeness (QED) is 0.827. The molecule has 0 saturated carbocycles. The van der Waals surface area contributed by atoms with Crippen LogP contribution in [0.15, 0.2) is 24.3 Å². The van der Waals surface area contributed by atoms with Crippen LogP contribution >= 0.6 is 0 Å². The van der Waals surface area contributed by atoms with Crippen LogP contribution in [0.5, 0.6) is 0 Å². The maximum absolute atomic E-state index is 12.8. The number of ether oxygens (including phenoxy) is 1. The Kier molecular flexibility index (Phi) is 5.14. The lowest BCUT2D eigenvalue weighted by molar-refractivity contribution is -0.0313. The largest absolute Gasteiger partial charge is 0.444 e. The van der Waals surface area contributed by atoms with Gasteiger partial charge in [-0.05, 0) is 69.3 Å². The molecule has 132 valence electrons. The number of anilines is 1. The first kappa shape index (κ1) is 17.3. The summed E-state index contributed by atoms with van der Waals surface area (Å²) < 4.78 is 5.93. The van der Waals surface area contributed by atoms with Crippen LogP contribution in [-0.2, 0) is 4.74 Å². The van der Waals surface area contributed by atoms with Crippen molar-refractivity contribution in [3.8, 4) is 0 Å². The van der Waals surface area contributed by atoms with E-state index in [1.807, 2.05) is 26.0 Å². The van der Waals surface area contributed by atoms with Crippen LogP contribution in [0.4, 0.5) is 10.5 Å². The number of hydrogen-bond donors (Lipinski definition) is 0. The normalized spacial score (nSPS) is 26.0. The molecule has 3 saturated heterocycles. The standard InChI is InChI=1S/C20H30N2O2/c1-14(2)16-5-7-18(8-6-16)22(15(3)4)20(23)24-19-13-21-11-9-17(19)10-12-21/h5-8,14-15,17,19H,9-13H2,1-4H3. The molecule has 0 aliphatic carbocycles. The zero-order valence-corrected chi connectivity index (χ0v) is 15.4. The van der Waals surface area contributed by atoms with Crippen LogP contribution in [0.1, 0.15) is 52.0 Å². The molecule has 1 amide bonds. The van der Waals surface area contributed by atoms with Crippen LogP contribution in [0, 0.1) is 5.92 Å². The first-order valence-electron chi connectivity index (χ1n) is 9.28. The predicted octanol–water partition coefficient (Wildman–Crippen LogP) is 4.26. The van der Waals surface area contributed by atoms with Crippen LogP contribution in [0.25, 0.3) is 0 Å². The van der Waals surface area contributed by atoms with Gasteiger partial charge in [0.2, 0.25) is 0 Å². The molecule has 4 rings (SSSR count). The highest BCUT2D eigenvalue weighted by Crippen LogP contribution is 2.31. The van der Waals surface area contributed by atoms with Crippen molar-refractivity contribution in [3.63, 3.8) is 0 Å². The van der Waals surface area contributed by atoms with E-state index < -0.39 is 0 Å². The van der Waals surface area contributed by atoms with Crippen LogP contribution < -0.4 is 4.90 Å². The molecule has 3 aliphatic rings. The molecule has 0 aromatic heterocycles. The van der Waals surface area contributed by atoms with E-state index in [0.29, 0.717) is 11.8 Å². The fraction of sp³-hybridized carbons (Fsp3) is 0.650. The lowest BCUT2D eigenvalue weighted by Crippen LogP contribution is -2.53. The first-order chi connectivity index (χ1) is 11.5. The Balaban J connectivity index is 1.71. The molecule has 1 atom stereocenters. The molecular formula is C20H30N2O2. The van der Waals surface area contributed by atoms with Crippen molar-refractivity contribution in [1.29, 1.82) is 0 Å². The van der Waals surface area contributed by atoms with E-state index in [-0.39, 0.29) is 18.2 Å². The molecule has 3 fully saturated rings. The summed E-state index contributed by atoms with van der Waals surface area (Å²) in [6.45, 7) is 11.6. The molecule has 3 aliphatic heterocycles. The molecule has 24 heavy (non-hydrogen) atoms. The second kappa shape index (κ2) is 7.14. The van der Waals surface area contributed by atoms with Crippen LogP contribution in [0.3, 0.4) is 0 Å². The Morgan fingerprint density at radius 1 is 1.12 bits per heavy atom. The Bertz CT molecular complexity index is 560. The summed E-state index contributed by atoms with van der Waals surface area (Å²) in [5.74, 6) is 1.03. The van der Waals surface area contributed by atoms with Crippen LogP contribution in [0.2, 0.25) is 0 Å². The zero-order valence-electron chi connectivity index (χ0n) is 15.4. The Morgan fingerprint density at radius 3 is 2.21 bits per heavy atom. The van der Waals surface area contributed by atoms with Gasteiger partial charge in [0, 0.05) is 18.3 Å². The number of amides is 1. The van der Waals surface area contributed by atoms with Gasteiger partial charge in [0.1, 0.15) is 6.10 Å². The molecule has 1 aromatic carbocycles. The SMILES string of the molecule is CC(C)c1ccc(N(C(=O)OC2CN3CCC2CC3)C(C)C)cc1. The lowest BCUT2D eigenvalue weighted by Gasteiger charge is -2.44. The number of benzene rings is 1. The minimum Gasteiger partial charge on any atom is -0.444 e. The minimum atomic E-state index is -0.207. The summed E-state index contributed by atoms with van der Waals surface area (Å²) in [4.78, 5) is 17.0. The second-order valence-corrected chi connectivity index (χ2v) is 7.77. The number of rotatable bonds is 4. The predicted molar refractivity (Wildman–Crippen MR) is 97.6 cm³/mol. The van der Waals surface area contributed by atoms with E-state index in [0.717, 1.165) is 38.2 Å². The van der Waals surface area contributed by atoms with Gasteiger partial charge in [-0.3, -0.25) is 9.80 Å². The van der Waals surface area contributed by atoms with E-state index in [1.165, 1.54) is 5.56 Å².